The zero-order valence-corrected chi connectivity index (χ0v) is 14.0. The Hall–Kier alpha value is -0.930. The third-order valence-electron chi connectivity index (χ3n) is 4.28. The van der Waals surface area contributed by atoms with Crippen molar-refractivity contribution in [2.75, 3.05) is 14.2 Å². The van der Waals surface area contributed by atoms with E-state index in [1.165, 1.54) is 19.3 Å². The van der Waals surface area contributed by atoms with Crippen molar-refractivity contribution in [3.05, 3.63) is 22.7 Å². The van der Waals surface area contributed by atoms with E-state index in [4.69, 9.17) is 21.1 Å². The Bertz CT molecular complexity index is 464. The molecule has 3 nitrogen and oxygen atoms in total. The van der Waals surface area contributed by atoms with Gasteiger partial charge in [-0.2, -0.15) is 0 Å². The lowest BCUT2D eigenvalue weighted by Crippen LogP contribution is -2.26. The summed E-state index contributed by atoms with van der Waals surface area (Å²) in [5.74, 6) is 2.36. The summed E-state index contributed by atoms with van der Waals surface area (Å²) in [6.07, 6.45) is 6.37. The van der Waals surface area contributed by atoms with E-state index < -0.39 is 0 Å². The molecule has 1 aliphatic carbocycles. The second-order valence-electron chi connectivity index (χ2n) is 5.81. The molecule has 1 N–H and O–H groups in total. The van der Waals surface area contributed by atoms with Gasteiger partial charge in [-0.05, 0) is 38.3 Å². The van der Waals surface area contributed by atoms with E-state index in [0.717, 1.165) is 42.4 Å². The Balaban J connectivity index is 2.20. The van der Waals surface area contributed by atoms with Crippen LogP contribution in [0, 0.1) is 5.92 Å². The molecule has 118 valence electrons. The van der Waals surface area contributed by atoms with Gasteiger partial charge in [0.25, 0.3) is 0 Å². The van der Waals surface area contributed by atoms with E-state index >= 15 is 0 Å². The Morgan fingerprint density at radius 3 is 2.81 bits per heavy atom. The van der Waals surface area contributed by atoms with Gasteiger partial charge in [0.05, 0.1) is 13.2 Å². The first kappa shape index (κ1) is 16.4. The summed E-state index contributed by atoms with van der Waals surface area (Å²) in [5, 5.41) is 3.85. The maximum absolute atomic E-state index is 6.32. The van der Waals surface area contributed by atoms with E-state index in [2.05, 4.69) is 12.2 Å². The summed E-state index contributed by atoms with van der Waals surface area (Å²) >= 11 is 6.16. The first-order valence-corrected chi connectivity index (χ1v) is 8.23. The van der Waals surface area contributed by atoms with Crippen molar-refractivity contribution < 1.29 is 9.47 Å². The first-order valence-electron chi connectivity index (χ1n) is 7.85. The van der Waals surface area contributed by atoms with Crippen molar-refractivity contribution >= 4 is 11.6 Å². The predicted octanol–water partition coefficient (Wildman–Crippen LogP) is 4.42. The number of hydrogen-bond donors (Lipinski definition) is 1. The molecule has 2 unspecified atom stereocenters. The Labute approximate surface area is 133 Å². The summed E-state index contributed by atoms with van der Waals surface area (Å²) < 4.78 is 11.8. The standard InChI is InChI=1S/C17H26ClNO2/c1-4-12-6-5-7-15(8-12)21-17-13(11-19-2)9-14(18)10-16(17)20-3/h9-10,12,15,19H,4-8,11H2,1-3H3. The molecule has 0 bridgehead atoms. The summed E-state index contributed by atoms with van der Waals surface area (Å²) in [5.41, 5.74) is 1.06. The highest BCUT2D eigenvalue weighted by atomic mass is 35.5. The summed E-state index contributed by atoms with van der Waals surface area (Å²) in [4.78, 5) is 0. The second-order valence-corrected chi connectivity index (χ2v) is 6.24. The van der Waals surface area contributed by atoms with Crippen LogP contribution in [0.5, 0.6) is 11.5 Å². The van der Waals surface area contributed by atoms with Gasteiger partial charge < -0.3 is 14.8 Å². The molecular weight excluding hydrogens is 286 g/mol. The minimum absolute atomic E-state index is 0.286. The van der Waals surface area contributed by atoms with Gasteiger partial charge in [-0.15, -0.1) is 0 Å². The van der Waals surface area contributed by atoms with Gasteiger partial charge in [-0.3, -0.25) is 0 Å². The van der Waals surface area contributed by atoms with Crippen molar-refractivity contribution in [2.24, 2.45) is 5.92 Å². The fraction of sp³-hybridized carbons (Fsp3) is 0.647. The van der Waals surface area contributed by atoms with Crippen LogP contribution in [0.1, 0.15) is 44.6 Å². The van der Waals surface area contributed by atoms with E-state index in [0.29, 0.717) is 5.02 Å². The van der Waals surface area contributed by atoms with Gasteiger partial charge in [-0.25, -0.2) is 0 Å². The smallest absolute Gasteiger partial charge is 0.166 e. The molecule has 0 heterocycles. The van der Waals surface area contributed by atoms with E-state index in [-0.39, 0.29) is 6.10 Å². The lowest BCUT2D eigenvalue weighted by molar-refractivity contribution is 0.117. The molecule has 1 aliphatic rings. The molecule has 0 aliphatic heterocycles. The lowest BCUT2D eigenvalue weighted by atomic mass is 9.85. The third kappa shape index (κ3) is 4.27. The van der Waals surface area contributed by atoms with Crippen LogP contribution < -0.4 is 14.8 Å². The van der Waals surface area contributed by atoms with Crippen LogP contribution in [0.4, 0.5) is 0 Å². The van der Waals surface area contributed by atoms with Crippen LogP contribution in [-0.2, 0) is 6.54 Å². The van der Waals surface area contributed by atoms with Crippen molar-refractivity contribution in [1.82, 2.24) is 5.32 Å². The fourth-order valence-corrected chi connectivity index (χ4v) is 3.35. The molecule has 0 radical (unpaired) electrons. The van der Waals surface area contributed by atoms with Crippen LogP contribution in [0.15, 0.2) is 12.1 Å². The van der Waals surface area contributed by atoms with Crippen molar-refractivity contribution in [2.45, 2.75) is 51.7 Å². The number of methoxy groups -OCH3 is 1. The first-order chi connectivity index (χ1) is 10.2. The zero-order valence-electron chi connectivity index (χ0n) is 13.2. The van der Waals surface area contributed by atoms with E-state index in [1.54, 1.807) is 7.11 Å². The summed E-state index contributed by atoms with van der Waals surface area (Å²) in [7, 11) is 3.59. The van der Waals surface area contributed by atoms with Crippen LogP contribution in [0.25, 0.3) is 0 Å². The second kappa shape index (κ2) is 7.90. The topological polar surface area (TPSA) is 30.5 Å². The monoisotopic (exact) mass is 311 g/mol. The van der Waals surface area contributed by atoms with Crippen LogP contribution >= 0.6 is 11.6 Å². The van der Waals surface area contributed by atoms with Crippen LogP contribution in [0.3, 0.4) is 0 Å². The lowest BCUT2D eigenvalue weighted by Gasteiger charge is -2.30. The maximum atomic E-state index is 6.32. The van der Waals surface area contributed by atoms with Crippen molar-refractivity contribution in [1.29, 1.82) is 0 Å². The Morgan fingerprint density at radius 2 is 2.14 bits per heavy atom. The molecular formula is C17H26ClNO2. The minimum atomic E-state index is 0.286. The molecule has 0 amide bonds. The Kier molecular flexibility index (Phi) is 6.19. The number of benzene rings is 1. The molecule has 21 heavy (non-hydrogen) atoms. The average molecular weight is 312 g/mol. The highest BCUT2D eigenvalue weighted by Crippen LogP contribution is 2.38. The highest BCUT2D eigenvalue weighted by Gasteiger charge is 2.24. The zero-order chi connectivity index (χ0) is 15.2. The Morgan fingerprint density at radius 1 is 1.33 bits per heavy atom. The minimum Gasteiger partial charge on any atom is -0.493 e. The van der Waals surface area contributed by atoms with Gasteiger partial charge in [0, 0.05) is 23.2 Å². The van der Waals surface area contributed by atoms with Gasteiger partial charge in [0.15, 0.2) is 11.5 Å². The molecule has 0 aromatic heterocycles. The maximum Gasteiger partial charge on any atom is 0.166 e. The van der Waals surface area contributed by atoms with Gasteiger partial charge >= 0.3 is 0 Å². The van der Waals surface area contributed by atoms with E-state index in [1.807, 2.05) is 19.2 Å². The van der Waals surface area contributed by atoms with Crippen LogP contribution in [-0.4, -0.2) is 20.3 Å². The molecule has 2 rings (SSSR count). The van der Waals surface area contributed by atoms with Crippen molar-refractivity contribution in [3.8, 4) is 11.5 Å². The molecule has 1 fully saturated rings. The quantitative estimate of drug-likeness (QED) is 0.844. The van der Waals surface area contributed by atoms with Crippen LogP contribution in [0.2, 0.25) is 5.02 Å². The van der Waals surface area contributed by atoms with Gasteiger partial charge in [0.2, 0.25) is 0 Å². The SMILES string of the molecule is CCC1CCCC(Oc2c(CNC)cc(Cl)cc2OC)C1. The largest absolute Gasteiger partial charge is 0.493 e. The number of rotatable bonds is 6. The molecule has 0 spiro atoms. The number of halogens is 1. The van der Waals surface area contributed by atoms with E-state index in [9.17, 15) is 0 Å². The molecule has 1 aromatic carbocycles. The molecule has 1 saturated carbocycles. The molecule has 4 heteroatoms. The summed E-state index contributed by atoms with van der Waals surface area (Å²) in [6, 6.07) is 3.78. The number of ether oxygens (including phenoxy) is 2. The molecule has 2 atom stereocenters. The summed E-state index contributed by atoms with van der Waals surface area (Å²) in [6.45, 7) is 2.98. The normalized spacial score (nSPS) is 22.1. The van der Waals surface area contributed by atoms with Gasteiger partial charge in [0.1, 0.15) is 0 Å². The average Bonchev–Trinajstić information content (AvgIpc) is 2.50. The van der Waals surface area contributed by atoms with Gasteiger partial charge in [-0.1, -0.05) is 31.4 Å². The molecule has 0 saturated heterocycles. The number of hydrogen-bond acceptors (Lipinski definition) is 3. The van der Waals surface area contributed by atoms with Crippen molar-refractivity contribution in [3.63, 3.8) is 0 Å². The highest BCUT2D eigenvalue weighted by molar-refractivity contribution is 6.30. The molecule has 1 aromatic rings. The fourth-order valence-electron chi connectivity index (χ4n) is 3.12. The third-order valence-corrected chi connectivity index (χ3v) is 4.50. The number of nitrogens with one attached hydrogen (secondary N) is 1. The predicted molar refractivity (Wildman–Crippen MR) is 87.4 cm³/mol.